The molecule has 16 heavy (non-hydrogen) atoms. The van der Waals surface area contributed by atoms with Gasteiger partial charge in [0.2, 0.25) is 0 Å². The molecule has 0 aromatic carbocycles. The van der Waals surface area contributed by atoms with Gasteiger partial charge < -0.3 is 10.2 Å². The Hall–Kier alpha value is -0.450. The molecular formula is C12H21N3S. The van der Waals surface area contributed by atoms with Crippen LogP contribution in [0.3, 0.4) is 0 Å². The van der Waals surface area contributed by atoms with E-state index in [1.165, 1.54) is 35.8 Å². The Morgan fingerprint density at radius 1 is 1.50 bits per heavy atom. The third kappa shape index (κ3) is 3.54. The van der Waals surface area contributed by atoms with Crippen molar-refractivity contribution in [2.75, 3.05) is 26.7 Å². The van der Waals surface area contributed by atoms with E-state index in [-0.39, 0.29) is 0 Å². The summed E-state index contributed by atoms with van der Waals surface area (Å²) in [5.41, 5.74) is 0. The number of rotatable bonds is 4. The van der Waals surface area contributed by atoms with Crippen molar-refractivity contribution in [1.29, 1.82) is 0 Å². The normalized spacial score (nSPS) is 19.1. The van der Waals surface area contributed by atoms with Crippen molar-refractivity contribution >= 4 is 11.3 Å². The van der Waals surface area contributed by atoms with Crippen molar-refractivity contribution in [2.24, 2.45) is 5.92 Å². The summed E-state index contributed by atoms with van der Waals surface area (Å²) in [4.78, 5) is 8.08. The fraction of sp³-hybridized carbons (Fsp3) is 0.750. The van der Waals surface area contributed by atoms with Crippen LogP contribution in [0, 0.1) is 12.8 Å². The summed E-state index contributed by atoms with van der Waals surface area (Å²) in [6.45, 7) is 6.70. The molecule has 0 spiro atoms. The van der Waals surface area contributed by atoms with Gasteiger partial charge in [0.05, 0.1) is 0 Å². The molecule has 0 atom stereocenters. The first-order valence-electron chi connectivity index (χ1n) is 6.04. The Morgan fingerprint density at radius 3 is 2.88 bits per heavy atom. The maximum Gasteiger partial charge on any atom is 0.107 e. The molecule has 2 rings (SSSR count). The molecule has 0 bridgehead atoms. The van der Waals surface area contributed by atoms with E-state index in [9.17, 15) is 0 Å². The first-order valence-corrected chi connectivity index (χ1v) is 6.86. The molecule has 0 amide bonds. The fourth-order valence-electron chi connectivity index (χ4n) is 2.13. The van der Waals surface area contributed by atoms with E-state index in [1.807, 2.05) is 6.20 Å². The van der Waals surface area contributed by atoms with E-state index in [0.717, 1.165) is 19.0 Å². The van der Waals surface area contributed by atoms with Gasteiger partial charge in [-0.3, -0.25) is 0 Å². The second kappa shape index (κ2) is 5.75. The molecule has 1 N–H and O–H groups in total. The predicted molar refractivity (Wildman–Crippen MR) is 68.8 cm³/mol. The van der Waals surface area contributed by atoms with Gasteiger partial charge >= 0.3 is 0 Å². The van der Waals surface area contributed by atoms with Crippen LogP contribution in [0.1, 0.15) is 22.7 Å². The Balaban J connectivity index is 1.64. The van der Waals surface area contributed by atoms with Gasteiger partial charge in [0.15, 0.2) is 0 Å². The van der Waals surface area contributed by atoms with Gasteiger partial charge in [-0.1, -0.05) is 0 Å². The number of piperidine rings is 1. The lowest BCUT2D eigenvalue weighted by molar-refractivity contribution is 0.216. The van der Waals surface area contributed by atoms with Gasteiger partial charge in [-0.15, -0.1) is 11.3 Å². The van der Waals surface area contributed by atoms with Crippen molar-refractivity contribution in [1.82, 2.24) is 15.2 Å². The minimum Gasteiger partial charge on any atom is -0.310 e. The van der Waals surface area contributed by atoms with Crippen molar-refractivity contribution in [3.05, 3.63) is 16.1 Å². The molecule has 1 saturated heterocycles. The number of aryl methyl sites for hydroxylation is 1. The van der Waals surface area contributed by atoms with Crippen molar-refractivity contribution in [2.45, 2.75) is 26.3 Å². The third-order valence-electron chi connectivity index (χ3n) is 3.22. The second-order valence-corrected chi connectivity index (χ2v) is 6.06. The SMILES string of the molecule is Cc1cnc(CNCC2CCN(C)CC2)s1. The zero-order valence-electron chi connectivity index (χ0n) is 10.2. The summed E-state index contributed by atoms with van der Waals surface area (Å²) in [6.07, 6.45) is 4.62. The Labute approximate surface area is 102 Å². The zero-order chi connectivity index (χ0) is 11.4. The van der Waals surface area contributed by atoms with E-state index in [4.69, 9.17) is 0 Å². The standard InChI is InChI=1S/C12H21N3S/c1-10-7-14-12(16-10)9-13-8-11-3-5-15(2)6-4-11/h7,11,13H,3-6,8-9H2,1-2H3. The average Bonchev–Trinajstić information content (AvgIpc) is 2.67. The van der Waals surface area contributed by atoms with Gasteiger partial charge in [-0.2, -0.15) is 0 Å². The molecule has 3 nitrogen and oxygen atoms in total. The summed E-state index contributed by atoms with van der Waals surface area (Å²) in [5.74, 6) is 0.859. The molecule has 1 aromatic heterocycles. The van der Waals surface area contributed by atoms with Crippen LogP contribution in [0.15, 0.2) is 6.20 Å². The van der Waals surface area contributed by atoms with Crippen LogP contribution < -0.4 is 5.32 Å². The summed E-state index contributed by atoms with van der Waals surface area (Å²) in [5, 5.41) is 4.74. The first kappa shape index (κ1) is 12.0. The van der Waals surface area contributed by atoms with Crippen LogP contribution in [0.2, 0.25) is 0 Å². The molecule has 1 aliphatic heterocycles. The summed E-state index contributed by atoms with van der Waals surface area (Å²) in [6, 6.07) is 0. The maximum absolute atomic E-state index is 4.36. The number of hydrogen-bond acceptors (Lipinski definition) is 4. The van der Waals surface area contributed by atoms with Crippen LogP contribution in [0.5, 0.6) is 0 Å². The van der Waals surface area contributed by atoms with Crippen LogP contribution >= 0.6 is 11.3 Å². The van der Waals surface area contributed by atoms with Gasteiger partial charge in [-0.05, 0) is 52.4 Å². The molecule has 1 aromatic rings. The number of aromatic nitrogens is 1. The van der Waals surface area contributed by atoms with Crippen molar-refractivity contribution in [3.63, 3.8) is 0 Å². The van der Waals surface area contributed by atoms with Crippen LogP contribution in [-0.2, 0) is 6.54 Å². The predicted octanol–water partition coefficient (Wildman–Crippen LogP) is 1.88. The van der Waals surface area contributed by atoms with E-state index in [0.29, 0.717) is 0 Å². The van der Waals surface area contributed by atoms with Crippen LogP contribution in [-0.4, -0.2) is 36.6 Å². The van der Waals surface area contributed by atoms with Crippen LogP contribution in [0.25, 0.3) is 0 Å². The highest BCUT2D eigenvalue weighted by molar-refractivity contribution is 7.11. The highest BCUT2D eigenvalue weighted by Crippen LogP contribution is 2.15. The quantitative estimate of drug-likeness (QED) is 0.869. The molecule has 0 unspecified atom stereocenters. The Bertz CT molecular complexity index is 316. The summed E-state index contributed by atoms with van der Waals surface area (Å²) >= 11 is 1.79. The topological polar surface area (TPSA) is 28.2 Å². The molecule has 0 radical (unpaired) electrons. The lowest BCUT2D eigenvalue weighted by Gasteiger charge is -2.28. The Morgan fingerprint density at radius 2 is 2.25 bits per heavy atom. The highest BCUT2D eigenvalue weighted by Gasteiger charge is 2.15. The lowest BCUT2D eigenvalue weighted by Crippen LogP contribution is -2.34. The number of nitrogens with one attached hydrogen (secondary N) is 1. The molecule has 0 saturated carbocycles. The van der Waals surface area contributed by atoms with E-state index < -0.39 is 0 Å². The van der Waals surface area contributed by atoms with E-state index in [2.05, 4.69) is 29.2 Å². The van der Waals surface area contributed by atoms with E-state index >= 15 is 0 Å². The second-order valence-electron chi connectivity index (χ2n) is 4.74. The molecule has 0 aliphatic carbocycles. The molecule has 1 aliphatic rings. The van der Waals surface area contributed by atoms with Crippen molar-refractivity contribution < 1.29 is 0 Å². The number of hydrogen-bond donors (Lipinski definition) is 1. The van der Waals surface area contributed by atoms with Gasteiger partial charge in [0.25, 0.3) is 0 Å². The average molecular weight is 239 g/mol. The molecule has 1 fully saturated rings. The summed E-state index contributed by atoms with van der Waals surface area (Å²) in [7, 11) is 2.21. The minimum atomic E-state index is 0.859. The minimum absolute atomic E-state index is 0.859. The first-order chi connectivity index (χ1) is 7.74. The molecule has 90 valence electrons. The number of nitrogens with zero attached hydrogens (tertiary/aromatic N) is 2. The van der Waals surface area contributed by atoms with Crippen molar-refractivity contribution in [3.8, 4) is 0 Å². The fourth-order valence-corrected chi connectivity index (χ4v) is 2.89. The van der Waals surface area contributed by atoms with E-state index in [1.54, 1.807) is 11.3 Å². The smallest absolute Gasteiger partial charge is 0.107 e. The number of thiazole rings is 1. The molecule has 4 heteroatoms. The van der Waals surface area contributed by atoms with Gasteiger partial charge in [0, 0.05) is 17.6 Å². The third-order valence-corrected chi connectivity index (χ3v) is 4.13. The van der Waals surface area contributed by atoms with Gasteiger partial charge in [0.1, 0.15) is 5.01 Å². The molecular weight excluding hydrogens is 218 g/mol. The molecule has 2 heterocycles. The maximum atomic E-state index is 4.36. The highest BCUT2D eigenvalue weighted by atomic mass is 32.1. The van der Waals surface area contributed by atoms with Gasteiger partial charge in [-0.25, -0.2) is 4.98 Å². The largest absolute Gasteiger partial charge is 0.310 e. The van der Waals surface area contributed by atoms with Crippen LogP contribution in [0.4, 0.5) is 0 Å². The summed E-state index contributed by atoms with van der Waals surface area (Å²) < 4.78 is 0. The number of likely N-dealkylation sites (tertiary alicyclic amines) is 1. The zero-order valence-corrected chi connectivity index (χ0v) is 11.0. The monoisotopic (exact) mass is 239 g/mol. The lowest BCUT2D eigenvalue weighted by atomic mass is 9.97. The Kier molecular flexibility index (Phi) is 4.32.